The molecule has 0 aromatic rings. The summed E-state index contributed by atoms with van der Waals surface area (Å²) in [6.45, 7) is 4.64. The second kappa shape index (κ2) is 55.2. The van der Waals surface area contributed by atoms with Gasteiger partial charge in [0.1, 0.15) is 13.2 Å². The Morgan fingerprint density at radius 2 is 0.781 bits per heavy atom. The highest BCUT2D eigenvalue weighted by Crippen LogP contribution is 2.17. The highest BCUT2D eigenvalue weighted by atomic mass is 16.7. The van der Waals surface area contributed by atoms with Gasteiger partial charge in [0.25, 0.3) is 0 Å². The number of carbonyl (C=O) groups excluding carboxylic acids is 3. The van der Waals surface area contributed by atoms with Gasteiger partial charge in [-0.05, 0) is 77.0 Å². The standard InChI is InChI=1S/C64H115NO8/c1-6-8-10-12-14-16-18-20-22-24-25-26-27-28-29-30-31-32-33-34-35-36-37-39-40-42-44-46-48-50-52-54-61(66)71-58-60(59-72-64(63(68)69)70-57-56-65(3,4)5)73-62(67)55-53-51-49-47-45-43-41-38-23-21-19-17-15-13-11-9-7-2/h9,11,15,17-18,20-21,23-25,60,64H,6-8,10,12-14,16,19,22,26-59H2,1-5H3/b11-9-,17-15-,20-18-,23-21-,25-24-. The lowest BCUT2D eigenvalue weighted by molar-refractivity contribution is -0.870. The second-order valence-electron chi connectivity index (χ2n) is 21.6. The SMILES string of the molecule is CC/C=C\C/C=C\C/C=C\CCCCCCCCCC(=O)OC(COC(=O)CCCCCCCCCCCCCCCCCCCCC/C=C\C/C=C\CCCCCCC)COC(OCC[N+](C)(C)C)C(=O)[O-]. The van der Waals surface area contributed by atoms with Crippen LogP contribution in [0.25, 0.3) is 0 Å². The van der Waals surface area contributed by atoms with E-state index in [2.05, 4.69) is 74.6 Å². The van der Waals surface area contributed by atoms with Gasteiger partial charge in [-0.1, -0.05) is 242 Å². The Morgan fingerprint density at radius 3 is 1.16 bits per heavy atom. The van der Waals surface area contributed by atoms with Crippen LogP contribution in [-0.4, -0.2) is 82.3 Å². The van der Waals surface area contributed by atoms with Crippen LogP contribution in [0.3, 0.4) is 0 Å². The molecule has 9 nitrogen and oxygen atoms in total. The highest BCUT2D eigenvalue weighted by Gasteiger charge is 2.22. The van der Waals surface area contributed by atoms with Gasteiger partial charge in [0, 0.05) is 12.8 Å². The lowest BCUT2D eigenvalue weighted by Gasteiger charge is -2.26. The Bertz CT molecular complexity index is 1380. The average Bonchev–Trinajstić information content (AvgIpc) is 3.36. The molecular weight excluding hydrogens is 911 g/mol. The van der Waals surface area contributed by atoms with E-state index in [0.717, 1.165) is 70.6 Å². The first-order valence-electron chi connectivity index (χ1n) is 30.4. The fourth-order valence-corrected chi connectivity index (χ4v) is 8.58. The monoisotopic (exact) mass is 1030 g/mol. The maximum Gasteiger partial charge on any atom is 0.306 e. The summed E-state index contributed by atoms with van der Waals surface area (Å²) in [7, 11) is 5.92. The number of aliphatic carboxylic acids is 1. The summed E-state index contributed by atoms with van der Waals surface area (Å²) in [5, 5.41) is 11.8. The molecule has 0 aliphatic carbocycles. The minimum Gasteiger partial charge on any atom is -0.545 e. The van der Waals surface area contributed by atoms with Crippen molar-refractivity contribution in [1.82, 2.24) is 0 Å². The molecule has 0 aliphatic heterocycles. The Morgan fingerprint density at radius 1 is 0.425 bits per heavy atom. The lowest BCUT2D eigenvalue weighted by atomic mass is 10.0. The number of hydrogen-bond donors (Lipinski definition) is 0. The first-order chi connectivity index (χ1) is 35.6. The molecule has 0 N–H and O–H groups in total. The van der Waals surface area contributed by atoms with Crippen molar-refractivity contribution in [2.24, 2.45) is 0 Å². The highest BCUT2D eigenvalue weighted by molar-refractivity contribution is 5.70. The summed E-state index contributed by atoms with van der Waals surface area (Å²) in [5.74, 6) is -2.29. The van der Waals surface area contributed by atoms with E-state index in [-0.39, 0.29) is 32.2 Å². The number of rotatable bonds is 56. The zero-order chi connectivity index (χ0) is 53.4. The largest absolute Gasteiger partial charge is 0.545 e. The van der Waals surface area contributed by atoms with Crippen LogP contribution in [0, 0.1) is 0 Å². The normalized spacial score (nSPS) is 13.2. The molecule has 0 rings (SSSR count). The van der Waals surface area contributed by atoms with Crippen molar-refractivity contribution in [3.05, 3.63) is 60.8 Å². The van der Waals surface area contributed by atoms with Gasteiger partial charge in [0.15, 0.2) is 12.4 Å². The van der Waals surface area contributed by atoms with Crippen LogP contribution in [0.2, 0.25) is 0 Å². The Hall–Kier alpha value is -3.01. The van der Waals surface area contributed by atoms with Crippen molar-refractivity contribution >= 4 is 17.9 Å². The average molecular weight is 1030 g/mol. The molecule has 0 saturated carbocycles. The molecule has 2 atom stereocenters. The number of esters is 2. The molecule has 0 aromatic carbocycles. The van der Waals surface area contributed by atoms with Gasteiger partial charge in [0.05, 0.1) is 40.3 Å². The molecule has 0 radical (unpaired) electrons. The fraction of sp³-hybridized carbons (Fsp3) is 0.797. The van der Waals surface area contributed by atoms with Crippen LogP contribution in [0.15, 0.2) is 60.8 Å². The third kappa shape index (κ3) is 56.6. The van der Waals surface area contributed by atoms with E-state index in [1.165, 1.54) is 167 Å². The van der Waals surface area contributed by atoms with Crippen LogP contribution < -0.4 is 5.11 Å². The third-order valence-corrected chi connectivity index (χ3v) is 13.2. The Kier molecular flexibility index (Phi) is 53.0. The molecule has 0 fully saturated rings. The van der Waals surface area contributed by atoms with Gasteiger partial charge in [-0.25, -0.2) is 0 Å². The molecular formula is C64H115NO8. The van der Waals surface area contributed by atoms with Crippen molar-refractivity contribution in [2.75, 3.05) is 47.5 Å². The zero-order valence-corrected chi connectivity index (χ0v) is 48.3. The quantitative estimate of drug-likeness (QED) is 0.0195. The maximum atomic E-state index is 12.8. The minimum atomic E-state index is -1.62. The van der Waals surface area contributed by atoms with E-state index < -0.39 is 24.3 Å². The van der Waals surface area contributed by atoms with Crippen molar-refractivity contribution in [3.63, 3.8) is 0 Å². The Labute approximate surface area is 450 Å². The van der Waals surface area contributed by atoms with Crippen molar-refractivity contribution < 1.29 is 42.9 Å². The fourth-order valence-electron chi connectivity index (χ4n) is 8.58. The number of quaternary nitrogens is 1. The molecule has 0 bridgehead atoms. The molecule has 9 heteroatoms. The molecule has 0 saturated heterocycles. The minimum absolute atomic E-state index is 0.145. The molecule has 73 heavy (non-hydrogen) atoms. The van der Waals surface area contributed by atoms with Gasteiger partial charge < -0.3 is 33.3 Å². The lowest BCUT2D eigenvalue weighted by Crippen LogP contribution is -2.44. The van der Waals surface area contributed by atoms with E-state index in [9.17, 15) is 19.5 Å². The number of carbonyl (C=O) groups is 3. The summed E-state index contributed by atoms with van der Waals surface area (Å²) in [5.41, 5.74) is 0. The van der Waals surface area contributed by atoms with Crippen LogP contribution >= 0.6 is 0 Å². The molecule has 424 valence electrons. The van der Waals surface area contributed by atoms with Crippen LogP contribution in [0.4, 0.5) is 0 Å². The van der Waals surface area contributed by atoms with E-state index in [0.29, 0.717) is 23.9 Å². The molecule has 0 heterocycles. The van der Waals surface area contributed by atoms with Gasteiger partial charge in [-0.3, -0.25) is 9.59 Å². The van der Waals surface area contributed by atoms with Crippen LogP contribution in [0.1, 0.15) is 271 Å². The van der Waals surface area contributed by atoms with Crippen molar-refractivity contribution in [1.29, 1.82) is 0 Å². The summed E-state index contributed by atoms with van der Waals surface area (Å²) in [6.07, 6.45) is 67.1. The number of ether oxygens (including phenoxy) is 4. The van der Waals surface area contributed by atoms with Crippen LogP contribution in [0.5, 0.6) is 0 Å². The van der Waals surface area contributed by atoms with Gasteiger partial charge in [0.2, 0.25) is 0 Å². The summed E-state index contributed by atoms with van der Waals surface area (Å²) < 4.78 is 22.7. The number of carboxylic acid groups (broad SMARTS) is 1. The molecule has 0 aliphatic rings. The Balaban J connectivity index is 4.11. The molecule has 0 spiro atoms. The predicted octanol–water partition coefficient (Wildman–Crippen LogP) is 16.7. The number of carboxylic acids is 1. The third-order valence-electron chi connectivity index (χ3n) is 13.2. The number of hydrogen-bond acceptors (Lipinski definition) is 8. The molecule has 0 amide bonds. The van der Waals surface area contributed by atoms with Crippen molar-refractivity contribution in [2.45, 2.75) is 283 Å². The predicted molar refractivity (Wildman–Crippen MR) is 306 cm³/mol. The van der Waals surface area contributed by atoms with E-state index in [1.54, 1.807) is 0 Å². The summed E-state index contributed by atoms with van der Waals surface area (Å²) in [6, 6.07) is 0. The first kappa shape index (κ1) is 70.0. The maximum absolute atomic E-state index is 12.8. The van der Waals surface area contributed by atoms with E-state index >= 15 is 0 Å². The number of likely N-dealkylation sites (N-methyl/N-ethyl adjacent to an activating group) is 1. The summed E-state index contributed by atoms with van der Waals surface area (Å²) in [4.78, 5) is 37.3. The first-order valence-corrected chi connectivity index (χ1v) is 30.4. The second-order valence-corrected chi connectivity index (χ2v) is 21.6. The number of unbranched alkanes of at least 4 members (excludes halogenated alkanes) is 31. The number of allylic oxidation sites excluding steroid dienone is 10. The molecule has 0 aromatic heterocycles. The zero-order valence-electron chi connectivity index (χ0n) is 48.3. The van der Waals surface area contributed by atoms with Crippen molar-refractivity contribution in [3.8, 4) is 0 Å². The smallest absolute Gasteiger partial charge is 0.306 e. The van der Waals surface area contributed by atoms with Gasteiger partial charge in [-0.15, -0.1) is 0 Å². The summed E-state index contributed by atoms with van der Waals surface area (Å²) >= 11 is 0. The van der Waals surface area contributed by atoms with E-state index in [1.807, 2.05) is 21.1 Å². The van der Waals surface area contributed by atoms with Crippen LogP contribution in [-0.2, 0) is 33.3 Å². The number of nitrogens with zero attached hydrogens (tertiary/aromatic N) is 1. The van der Waals surface area contributed by atoms with E-state index in [4.69, 9.17) is 18.9 Å². The molecule has 2 unspecified atom stereocenters. The van der Waals surface area contributed by atoms with Gasteiger partial charge >= 0.3 is 11.9 Å². The van der Waals surface area contributed by atoms with Gasteiger partial charge in [-0.2, -0.15) is 0 Å². The topological polar surface area (TPSA) is 111 Å².